The van der Waals surface area contributed by atoms with Gasteiger partial charge in [-0.05, 0) is 110 Å². The number of hydrogen-bond acceptors (Lipinski definition) is 9. The summed E-state index contributed by atoms with van der Waals surface area (Å²) in [7, 11) is 9.58. The van der Waals surface area contributed by atoms with E-state index >= 15 is 0 Å². The highest BCUT2D eigenvalue weighted by atomic mass is 16.7. The number of benzene rings is 3. The number of nitrogens with zero attached hydrogens (tertiary/aromatic N) is 3. The van der Waals surface area contributed by atoms with Crippen LogP contribution in [0.15, 0.2) is 60.7 Å². The Morgan fingerprint density at radius 1 is 1.03 bits per heavy atom. The number of aliphatic hydroxyl groups is 2. The third-order valence-electron chi connectivity index (χ3n) is 13.9. The zero-order chi connectivity index (χ0) is 43.8. The molecule has 1 heterocycles. The van der Waals surface area contributed by atoms with Gasteiger partial charge in [-0.25, -0.2) is 0 Å². The molecule has 1 aliphatic heterocycles. The summed E-state index contributed by atoms with van der Waals surface area (Å²) in [5.41, 5.74) is 5.96. The molecule has 0 radical (unpaired) electrons. The van der Waals surface area contributed by atoms with Gasteiger partial charge in [0, 0.05) is 61.0 Å². The van der Waals surface area contributed by atoms with Crippen LogP contribution in [0.4, 0.5) is 5.69 Å². The van der Waals surface area contributed by atoms with Crippen LogP contribution in [0.2, 0.25) is 0 Å². The van der Waals surface area contributed by atoms with Crippen molar-refractivity contribution in [3.05, 3.63) is 82.9 Å². The lowest BCUT2D eigenvalue weighted by molar-refractivity contribution is -0.183. The van der Waals surface area contributed by atoms with Gasteiger partial charge in [-0.15, -0.1) is 0 Å². The Morgan fingerprint density at radius 2 is 1.73 bits per heavy atom. The largest absolute Gasteiger partial charge is 0.496 e. The standard InChI is InChI=1S/C49H71N5O6/c1-29-40-24-36(49(40,6)7)25-41(29)51-47(58)44-43(30(2)56)42(28-55)60-54(44)26-34-20-35(48(3,4)5)23-39(45(34)59-12)32-19-33(22-38(21-32)53(10)11)46(57)50-37(27-52(8)9)18-31-16-14-13-15-17-31/h13-17,19-23,29-30,36-37,40-44,55-56H,18,24-28H2,1-12H3,(H,50,57)(H,51,58)/t29-,30-,36+,37-,40-,41?,42-,43+,44-/m0/s1. The van der Waals surface area contributed by atoms with Crippen molar-refractivity contribution in [1.29, 1.82) is 0 Å². The summed E-state index contributed by atoms with van der Waals surface area (Å²) in [5.74, 6) is 0.992. The van der Waals surface area contributed by atoms with Gasteiger partial charge in [-0.3, -0.25) is 14.4 Å². The van der Waals surface area contributed by atoms with Crippen molar-refractivity contribution in [3.63, 3.8) is 0 Å². The molecular formula is C49H71N5O6. The number of likely N-dealkylation sites (N-methyl/N-ethyl adjacent to an activating group) is 1. The van der Waals surface area contributed by atoms with Crippen molar-refractivity contribution in [2.75, 3.05) is 53.4 Å². The van der Waals surface area contributed by atoms with Crippen molar-refractivity contribution in [3.8, 4) is 16.9 Å². The minimum absolute atomic E-state index is 0.0242. The zero-order valence-electron chi connectivity index (χ0n) is 38.1. The van der Waals surface area contributed by atoms with Gasteiger partial charge in [0.25, 0.3) is 5.91 Å². The highest BCUT2D eigenvalue weighted by molar-refractivity contribution is 5.97. The van der Waals surface area contributed by atoms with Crippen LogP contribution in [-0.2, 0) is 28.0 Å². The maximum absolute atomic E-state index is 14.5. The van der Waals surface area contributed by atoms with Gasteiger partial charge in [-0.1, -0.05) is 77.9 Å². The van der Waals surface area contributed by atoms with Gasteiger partial charge in [0.15, 0.2) is 0 Å². The number of fused-ring (bicyclic) bond motifs is 2. The SMILES string of the molecule is COc1c(CN2O[C@@H](CO)[C@@H]([C@H](C)O)[C@H]2C(=O)NC2C[C@H]3C[C@@H]([C@@H]2C)C3(C)C)cc(C(C)(C)C)cc1-c1cc(C(=O)N[C@@H](Cc2ccccc2)CN(C)C)cc(N(C)C)c1. The van der Waals surface area contributed by atoms with Gasteiger partial charge in [0.1, 0.15) is 17.9 Å². The molecule has 1 saturated heterocycles. The van der Waals surface area contributed by atoms with Crippen molar-refractivity contribution in [1.82, 2.24) is 20.6 Å². The molecular weight excluding hydrogens is 755 g/mol. The van der Waals surface area contributed by atoms with Crippen LogP contribution in [0.3, 0.4) is 0 Å². The maximum Gasteiger partial charge on any atom is 0.251 e. The monoisotopic (exact) mass is 826 g/mol. The number of amides is 2. The molecule has 11 nitrogen and oxygen atoms in total. The van der Waals surface area contributed by atoms with Gasteiger partial charge < -0.3 is 35.4 Å². The Bertz CT molecular complexity index is 1980. The summed E-state index contributed by atoms with van der Waals surface area (Å²) in [6.45, 7) is 15.5. The minimum Gasteiger partial charge on any atom is -0.496 e. The highest BCUT2D eigenvalue weighted by Crippen LogP contribution is 2.61. The molecule has 4 N–H and O–H groups in total. The molecule has 3 aromatic carbocycles. The molecule has 9 atom stereocenters. The number of hydroxylamine groups is 2. The Balaban J connectivity index is 1.37. The summed E-state index contributed by atoms with van der Waals surface area (Å²) >= 11 is 0. The lowest BCUT2D eigenvalue weighted by Gasteiger charge is -2.62. The van der Waals surface area contributed by atoms with E-state index in [2.05, 4.69) is 87.4 Å². The van der Waals surface area contributed by atoms with E-state index in [0.717, 1.165) is 39.9 Å². The number of aliphatic hydroxyl groups excluding tert-OH is 2. The van der Waals surface area contributed by atoms with Crippen molar-refractivity contribution >= 4 is 17.5 Å². The Hall–Kier alpha value is -4.00. The number of carbonyl (C=O) groups is 2. The molecule has 7 rings (SSSR count). The quantitative estimate of drug-likeness (QED) is 0.140. The molecule has 3 aliphatic carbocycles. The second-order valence-electron chi connectivity index (χ2n) is 20.0. The first-order chi connectivity index (χ1) is 28.2. The average molecular weight is 826 g/mol. The van der Waals surface area contributed by atoms with Crippen LogP contribution < -0.4 is 20.3 Å². The summed E-state index contributed by atoms with van der Waals surface area (Å²) in [6, 6.07) is 19.4. The van der Waals surface area contributed by atoms with Crippen molar-refractivity contribution < 1.29 is 29.4 Å². The third-order valence-corrected chi connectivity index (χ3v) is 13.9. The van der Waals surface area contributed by atoms with Crippen molar-refractivity contribution in [2.45, 2.75) is 110 Å². The van der Waals surface area contributed by atoms with Crippen LogP contribution in [-0.4, -0.2) is 111 Å². The Morgan fingerprint density at radius 3 is 2.30 bits per heavy atom. The second-order valence-corrected chi connectivity index (χ2v) is 20.0. The molecule has 0 aromatic heterocycles. The van der Waals surface area contributed by atoms with Gasteiger partial charge in [-0.2, -0.15) is 5.06 Å². The summed E-state index contributed by atoms with van der Waals surface area (Å²) in [6.07, 6.45) is 1.13. The van der Waals surface area contributed by atoms with E-state index in [4.69, 9.17) is 9.57 Å². The van der Waals surface area contributed by atoms with Crippen LogP contribution in [0.1, 0.15) is 88.4 Å². The van der Waals surface area contributed by atoms with Crippen LogP contribution in [0.5, 0.6) is 5.75 Å². The molecule has 3 saturated carbocycles. The first kappa shape index (κ1) is 45.5. The van der Waals surface area contributed by atoms with E-state index < -0.39 is 24.2 Å². The normalized spacial score (nSPS) is 25.9. The van der Waals surface area contributed by atoms with Crippen molar-refractivity contribution in [2.24, 2.45) is 29.1 Å². The molecule has 2 bridgehead atoms. The Kier molecular flexibility index (Phi) is 13.8. The second kappa shape index (κ2) is 18.2. The summed E-state index contributed by atoms with van der Waals surface area (Å²) in [4.78, 5) is 39.3. The molecule has 0 spiro atoms. The first-order valence-corrected chi connectivity index (χ1v) is 21.8. The van der Waals surface area contributed by atoms with E-state index in [9.17, 15) is 19.8 Å². The minimum atomic E-state index is -0.916. The first-order valence-electron chi connectivity index (χ1n) is 21.8. The topological polar surface area (TPSA) is 127 Å². The fourth-order valence-corrected chi connectivity index (χ4v) is 10.3. The zero-order valence-corrected chi connectivity index (χ0v) is 38.1. The highest BCUT2D eigenvalue weighted by Gasteiger charge is 2.57. The number of methoxy groups -OCH3 is 1. The van der Waals surface area contributed by atoms with E-state index in [1.54, 1.807) is 19.1 Å². The number of nitrogens with one attached hydrogen (secondary N) is 2. The maximum atomic E-state index is 14.5. The lowest BCUT2D eigenvalue weighted by atomic mass is 9.45. The van der Waals surface area contributed by atoms with Gasteiger partial charge in [0.05, 0.1) is 26.4 Å². The molecule has 328 valence electrons. The number of hydrogen-bond donors (Lipinski definition) is 4. The molecule has 11 heteroatoms. The lowest BCUT2D eigenvalue weighted by Crippen LogP contribution is -2.62. The predicted molar refractivity (Wildman–Crippen MR) is 239 cm³/mol. The fraction of sp³-hybridized carbons (Fsp3) is 0.592. The average Bonchev–Trinajstić information content (AvgIpc) is 3.56. The van der Waals surface area contributed by atoms with Crippen LogP contribution >= 0.6 is 0 Å². The van der Waals surface area contributed by atoms with Gasteiger partial charge >= 0.3 is 0 Å². The summed E-state index contributed by atoms with van der Waals surface area (Å²) < 4.78 is 6.28. The molecule has 3 aromatic rings. The molecule has 4 aliphatic rings. The fourth-order valence-electron chi connectivity index (χ4n) is 10.3. The molecule has 60 heavy (non-hydrogen) atoms. The molecule has 2 amide bonds. The van der Waals surface area contributed by atoms with E-state index in [-0.39, 0.29) is 47.9 Å². The summed E-state index contributed by atoms with van der Waals surface area (Å²) in [5, 5.41) is 30.0. The van der Waals surface area contributed by atoms with E-state index in [1.807, 2.05) is 63.4 Å². The van der Waals surface area contributed by atoms with Crippen LogP contribution in [0.25, 0.3) is 11.1 Å². The van der Waals surface area contributed by atoms with E-state index in [1.165, 1.54) is 6.42 Å². The molecule has 1 unspecified atom stereocenters. The smallest absolute Gasteiger partial charge is 0.251 e. The third kappa shape index (κ3) is 9.55. The van der Waals surface area contributed by atoms with Gasteiger partial charge in [0.2, 0.25) is 5.91 Å². The number of rotatable bonds is 15. The molecule has 4 fully saturated rings. The number of carbonyl (C=O) groups excluding carboxylic acids is 2. The van der Waals surface area contributed by atoms with Crippen LogP contribution in [0, 0.1) is 29.1 Å². The van der Waals surface area contributed by atoms with E-state index in [0.29, 0.717) is 42.0 Å². The number of anilines is 1. The Labute approximate surface area is 358 Å². The predicted octanol–water partition coefficient (Wildman–Crippen LogP) is 6.29. The number of ether oxygens (including phenoxy) is 1.